The molecule has 20 heavy (non-hydrogen) atoms. The number of carbonyl (C=O) groups excluding carboxylic acids is 1. The quantitative estimate of drug-likeness (QED) is 0.852. The molecular weight excluding hydrogens is 248 g/mol. The molecule has 2 heterocycles. The third kappa shape index (κ3) is 2.47. The van der Waals surface area contributed by atoms with Gasteiger partial charge >= 0.3 is 0 Å². The monoisotopic (exact) mass is 272 g/mol. The van der Waals surface area contributed by atoms with Gasteiger partial charge in [-0.3, -0.25) is 4.79 Å². The minimum absolute atomic E-state index is 0.211. The van der Waals surface area contributed by atoms with Crippen molar-refractivity contribution in [3.63, 3.8) is 0 Å². The van der Waals surface area contributed by atoms with Gasteiger partial charge < -0.3 is 10.2 Å². The van der Waals surface area contributed by atoms with Crippen LogP contribution in [0.2, 0.25) is 0 Å². The van der Waals surface area contributed by atoms with Gasteiger partial charge in [0.25, 0.3) is 5.91 Å². The van der Waals surface area contributed by atoms with Gasteiger partial charge in [-0.25, -0.2) is 0 Å². The smallest absolute Gasteiger partial charge is 0.254 e. The molecule has 3 nitrogen and oxygen atoms in total. The highest BCUT2D eigenvalue weighted by molar-refractivity contribution is 5.95. The van der Waals surface area contributed by atoms with Gasteiger partial charge in [-0.1, -0.05) is 17.7 Å². The molecule has 0 unspecified atom stereocenters. The molecule has 1 aromatic carbocycles. The zero-order chi connectivity index (χ0) is 14.2. The van der Waals surface area contributed by atoms with E-state index in [1.165, 1.54) is 12.0 Å². The summed E-state index contributed by atoms with van der Waals surface area (Å²) in [5, 5.41) is 3.47. The van der Waals surface area contributed by atoms with Crippen molar-refractivity contribution in [2.45, 2.75) is 33.1 Å². The third-order valence-corrected chi connectivity index (χ3v) is 5.06. The van der Waals surface area contributed by atoms with Gasteiger partial charge in [-0.05, 0) is 56.7 Å². The van der Waals surface area contributed by atoms with E-state index in [-0.39, 0.29) is 5.91 Å². The number of carbonyl (C=O) groups is 1. The molecule has 0 atom stereocenters. The van der Waals surface area contributed by atoms with E-state index >= 15 is 0 Å². The molecule has 1 aromatic rings. The Morgan fingerprint density at radius 2 is 1.95 bits per heavy atom. The van der Waals surface area contributed by atoms with Crippen molar-refractivity contribution in [2.24, 2.45) is 5.41 Å². The van der Waals surface area contributed by atoms with Crippen LogP contribution < -0.4 is 5.32 Å². The number of aryl methyl sites for hydroxylation is 2. The normalized spacial score (nSPS) is 21.4. The molecule has 3 heteroatoms. The third-order valence-electron chi connectivity index (χ3n) is 5.06. The summed E-state index contributed by atoms with van der Waals surface area (Å²) in [4.78, 5) is 14.7. The second-order valence-corrected chi connectivity index (χ2v) is 6.54. The summed E-state index contributed by atoms with van der Waals surface area (Å²) in [5.74, 6) is 0.211. The first kappa shape index (κ1) is 13.6. The standard InChI is InChI=1S/C17H24N2O/c1-13-3-4-15(14(2)11-13)16(20)19-9-6-17(7-10-19)5-8-18-12-17/h3-4,11,18H,5-10,12H2,1-2H3. The van der Waals surface area contributed by atoms with Crippen molar-refractivity contribution in [3.05, 3.63) is 34.9 Å². The molecule has 0 aromatic heterocycles. The lowest BCUT2D eigenvalue weighted by molar-refractivity contribution is 0.0607. The molecule has 108 valence electrons. The average molecular weight is 272 g/mol. The van der Waals surface area contributed by atoms with E-state index < -0.39 is 0 Å². The van der Waals surface area contributed by atoms with E-state index in [0.29, 0.717) is 5.41 Å². The van der Waals surface area contributed by atoms with Crippen LogP contribution in [-0.4, -0.2) is 37.0 Å². The molecule has 2 saturated heterocycles. The van der Waals surface area contributed by atoms with Crippen LogP contribution in [0.3, 0.4) is 0 Å². The van der Waals surface area contributed by atoms with Crippen LogP contribution in [0.25, 0.3) is 0 Å². The molecular formula is C17H24N2O. The average Bonchev–Trinajstić information content (AvgIpc) is 2.87. The highest BCUT2D eigenvalue weighted by Gasteiger charge is 2.38. The van der Waals surface area contributed by atoms with E-state index in [1.54, 1.807) is 0 Å². The second-order valence-electron chi connectivity index (χ2n) is 6.54. The first-order chi connectivity index (χ1) is 9.60. The molecule has 2 aliphatic rings. The van der Waals surface area contributed by atoms with Gasteiger partial charge in [0.05, 0.1) is 0 Å². The minimum Gasteiger partial charge on any atom is -0.339 e. The molecule has 2 fully saturated rings. The van der Waals surface area contributed by atoms with Crippen LogP contribution in [-0.2, 0) is 0 Å². The summed E-state index contributed by atoms with van der Waals surface area (Å²) >= 11 is 0. The predicted molar refractivity (Wildman–Crippen MR) is 81.0 cm³/mol. The van der Waals surface area contributed by atoms with Crippen molar-refractivity contribution in [1.29, 1.82) is 0 Å². The van der Waals surface area contributed by atoms with Crippen molar-refractivity contribution in [3.8, 4) is 0 Å². The summed E-state index contributed by atoms with van der Waals surface area (Å²) < 4.78 is 0. The zero-order valence-corrected chi connectivity index (χ0v) is 12.5. The van der Waals surface area contributed by atoms with Crippen LogP contribution in [0.5, 0.6) is 0 Å². The topological polar surface area (TPSA) is 32.3 Å². The van der Waals surface area contributed by atoms with Gasteiger partial charge in [0.15, 0.2) is 0 Å². The Hall–Kier alpha value is -1.35. The van der Waals surface area contributed by atoms with Crippen LogP contribution in [0.1, 0.15) is 40.7 Å². The maximum atomic E-state index is 12.6. The van der Waals surface area contributed by atoms with Crippen LogP contribution in [0.15, 0.2) is 18.2 Å². The number of hydrogen-bond acceptors (Lipinski definition) is 2. The predicted octanol–water partition coefficient (Wildman–Crippen LogP) is 2.52. The van der Waals surface area contributed by atoms with Gasteiger partial charge in [0.1, 0.15) is 0 Å². The SMILES string of the molecule is Cc1ccc(C(=O)N2CCC3(CCNC3)CC2)c(C)c1. The first-order valence-electron chi connectivity index (χ1n) is 7.67. The number of benzene rings is 1. The van der Waals surface area contributed by atoms with Crippen LogP contribution in [0, 0.1) is 19.3 Å². The lowest BCUT2D eigenvalue weighted by Gasteiger charge is -2.39. The Morgan fingerprint density at radius 3 is 2.55 bits per heavy atom. The molecule has 1 amide bonds. The largest absolute Gasteiger partial charge is 0.339 e. The highest BCUT2D eigenvalue weighted by atomic mass is 16.2. The highest BCUT2D eigenvalue weighted by Crippen LogP contribution is 2.37. The van der Waals surface area contributed by atoms with Gasteiger partial charge in [-0.15, -0.1) is 0 Å². The van der Waals surface area contributed by atoms with Gasteiger partial charge in [0, 0.05) is 25.2 Å². The van der Waals surface area contributed by atoms with Gasteiger partial charge in [0.2, 0.25) is 0 Å². The van der Waals surface area contributed by atoms with E-state index in [2.05, 4.69) is 18.3 Å². The fourth-order valence-corrected chi connectivity index (χ4v) is 3.63. The lowest BCUT2D eigenvalue weighted by Crippen LogP contribution is -2.44. The van der Waals surface area contributed by atoms with E-state index in [4.69, 9.17) is 0 Å². The molecule has 3 rings (SSSR count). The zero-order valence-electron chi connectivity index (χ0n) is 12.5. The molecule has 0 aliphatic carbocycles. The number of piperidine rings is 1. The van der Waals surface area contributed by atoms with Gasteiger partial charge in [-0.2, -0.15) is 0 Å². The van der Waals surface area contributed by atoms with E-state index in [0.717, 1.165) is 50.1 Å². The van der Waals surface area contributed by atoms with Crippen molar-refractivity contribution in [2.75, 3.05) is 26.2 Å². The van der Waals surface area contributed by atoms with E-state index in [9.17, 15) is 4.79 Å². The Balaban J connectivity index is 1.69. The fraction of sp³-hybridized carbons (Fsp3) is 0.588. The molecule has 1 spiro atoms. The van der Waals surface area contributed by atoms with Crippen LogP contribution >= 0.6 is 0 Å². The number of rotatable bonds is 1. The summed E-state index contributed by atoms with van der Waals surface area (Å²) in [5.41, 5.74) is 3.65. The lowest BCUT2D eigenvalue weighted by atomic mass is 9.77. The molecule has 0 radical (unpaired) electrons. The maximum absolute atomic E-state index is 12.6. The number of nitrogens with zero attached hydrogens (tertiary/aromatic N) is 1. The Bertz CT molecular complexity index is 508. The van der Waals surface area contributed by atoms with Crippen molar-refractivity contribution >= 4 is 5.91 Å². The van der Waals surface area contributed by atoms with Crippen molar-refractivity contribution in [1.82, 2.24) is 10.2 Å². The second kappa shape index (κ2) is 5.21. The number of likely N-dealkylation sites (tertiary alicyclic amines) is 1. The summed E-state index contributed by atoms with van der Waals surface area (Å²) in [6, 6.07) is 6.11. The summed E-state index contributed by atoms with van der Waals surface area (Å²) in [6.45, 7) is 8.21. The van der Waals surface area contributed by atoms with Crippen LogP contribution in [0.4, 0.5) is 0 Å². The Kier molecular flexibility index (Phi) is 3.55. The summed E-state index contributed by atoms with van der Waals surface area (Å²) in [7, 11) is 0. The Morgan fingerprint density at radius 1 is 1.20 bits per heavy atom. The maximum Gasteiger partial charge on any atom is 0.254 e. The Labute approximate surface area is 121 Å². The number of hydrogen-bond donors (Lipinski definition) is 1. The summed E-state index contributed by atoms with van der Waals surface area (Å²) in [6.07, 6.45) is 3.58. The molecule has 0 saturated carbocycles. The minimum atomic E-state index is 0.211. The fourth-order valence-electron chi connectivity index (χ4n) is 3.63. The number of nitrogens with one attached hydrogen (secondary N) is 1. The number of amides is 1. The van der Waals surface area contributed by atoms with Crippen molar-refractivity contribution < 1.29 is 4.79 Å². The molecule has 0 bridgehead atoms. The first-order valence-corrected chi connectivity index (χ1v) is 7.67. The molecule has 1 N–H and O–H groups in total. The van der Waals surface area contributed by atoms with E-state index in [1.807, 2.05) is 24.0 Å². The molecule has 2 aliphatic heterocycles.